The Kier molecular flexibility index (Phi) is 5.78. The molecule has 1 aromatic carbocycles. The van der Waals surface area contributed by atoms with E-state index in [2.05, 4.69) is 12.2 Å². The van der Waals surface area contributed by atoms with Crippen molar-refractivity contribution < 1.29 is 9.47 Å². The third kappa shape index (κ3) is 4.84. The number of nitrogens with two attached hydrogens (primary N) is 1. The number of benzene rings is 1. The SMILES string of the molecule is CCOCC(C)Nc1ccc(N)c(OC(C)C)c1. The van der Waals surface area contributed by atoms with Crippen LogP contribution in [0.2, 0.25) is 0 Å². The maximum absolute atomic E-state index is 5.87. The molecule has 0 radical (unpaired) electrons. The van der Waals surface area contributed by atoms with Gasteiger partial charge >= 0.3 is 0 Å². The zero-order chi connectivity index (χ0) is 13.5. The fourth-order valence-electron chi connectivity index (χ4n) is 1.60. The van der Waals surface area contributed by atoms with Gasteiger partial charge in [0, 0.05) is 24.4 Å². The zero-order valence-electron chi connectivity index (χ0n) is 11.7. The van der Waals surface area contributed by atoms with Crippen molar-refractivity contribution in [3.05, 3.63) is 18.2 Å². The highest BCUT2D eigenvalue weighted by Crippen LogP contribution is 2.26. The van der Waals surface area contributed by atoms with E-state index < -0.39 is 0 Å². The van der Waals surface area contributed by atoms with Crippen molar-refractivity contribution in [1.29, 1.82) is 0 Å². The first-order chi connectivity index (χ1) is 8.52. The van der Waals surface area contributed by atoms with Crippen LogP contribution in [0.3, 0.4) is 0 Å². The largest absolute Gasteiger partial charge is 0.489 e. The lowest BCUT2D eigenvalue weighted by Crippen LogP contribution is -2.21. The molecule has 0 saturated carbocycles. The standard InChI is InChI=1S/C14H24N2O2/c1-5-17-9-11(4)16-12-6-7-13(15)14(8-12)18-10(2)3/h6-8,10-11,16H,5,9,15H2,1-4H3. The molecule has 0 spiro atoms. The molecular formula is C14H24N2O2. The molecule has 0 aliphatic heterocycles. The van der Waals surface area contributed by atoms with Crippen LogP contribution in [0.1, 0.15) is 27.7 Å². The van der Waals surface area contributed by atoms with Crippen molar-refractivity contribution in [3.63, 3.8) is 0 Å². The number of anilines is 2. The molecule has 3 N–H and O–H groups in total. The number of ether oxygens (including phenoxy) is 2. The normalized spacial score (nSPS) is 12.5. The van der Waals surface area contributed by atoms with Crippen molar-refractivity contribution in [1.82, 2.24) is 0 Å². The monoisotopic (exact) mass is 252 g/mol. The van der Waals surface area contributed by atoms with E-state index in [9.17, 15) is 0 Å². The minimum absolute atomic E-state index is 0.114. The first-order valence-electron chi connectivity index (χ1n) is 6.43. The third-order valence-corrected chi connectivity index (χ3v) is 2.36. The van der Waals surface area contributed by atoms with Gasteiger partial charge in [-0.1, -0.05) is 0 Å². The van der Waals surface area contributed by atoms with E-state index in [1.54, 1.807) is 0 Å². The summed E-state index contributed by atoms with van der Waals surface area (Å²) in [4.78, 5) is 0. The topological polar surface area (TPSA) is 56.5 Å². The van der Waals surface area contributed by atoms with Crippen molar-refractivity contribution in [2.75, 3.05) is 24.3 Å². The van der Waals surface area contributed by atoms with Crippen LogP contribution in [-0.2, 0) is 4.74 Å². The predicted molar refractivity (Wildman–Crippen MR) is 76.2 cm³/mol. The molecule has 0 aliphatic rings. The van der Waals surface area contributed by atoms with Gasteiger partial charge in [0.2, 0.25) is 0 Å². The van der Waals surface area contributed by atoms with E-state index in [4.69, 9.17) is 15.2 Å². The molecular weight excluding hydrogens is 228 g/mol. The quantitative estimate of drug-likeness (QED) is 0.733. The van der Waals surface area contributed by atoms with Crippen LogP contribution in [0.15, 0.2) is 18.2 Å². The maximum atomic E-state index is 5.87. The molecule has 1 atom stereocenters. The van der Waals surface area contributed by atoms with Gasteiger partial charge in [-0.15, -0.1) is 0 Å². The summed E-state index contributed by atoms with van der Waals surface area (Å²) < 4.78 is 11.0. The van der Waals surface area contributed by atoms with Gasteiger partial charge in [-0.25, -0.2) is 0 Å². The summed E-state index contributed by atoms with van der Waals surface area (Å²) in [7, 11) is 0. The second kappa shape index (κ2) is 7.11. The van der Waals surface area contributed by atoms with Crippen molar-refractivity contribution in [3.8, 4) is 5.75 Å². The predicted octanol–water partition coefficient (Wildman–Crippen LogP) is 2.89. The molecule has 1 rings (SSSR count). The van der Waals surface area contributed by atoms with Gasteiger partial charge in [-0.2, -0.15) is 0 Å². The lowest BCUT2D eigenvalue weighted by molar-refractivity contribution is 0.141. The van der Waals surface area contributed by atoms with E-state index in [0.717, 1.165) is 18.0 Å². The summed E-state index contributed by atoms with van der Waals surface area (Å²) in [5.41, 5.74) is 7.52. The number of hydrogen-bond donors (Lipinski definition) is 2. The fraction of sp³-hybridized carbons (Fsp3) is 0.571. The molecule has 0 aliphatic carbocycles. The van der Waals surface area contributed by atoms with Crippen molar-refractivity contribution in [2.24, 2.45) is 0 Å². The molecule has 0 fully saturated rings. The maximum Gasteiger partial charge on any atom is 0.144 e. The van der Waals surface area contributed by atoms with Gasteiger partial charge in [0.05, 0.1) is 18.4 Å². The fourth-order valence-corrected chi connectivity index (χ4v) is 1.60. The zero-order valence-corrected chi connectivity index (χ0v) is 11.7. The van der Waals surface area contributed by atoms with E-state index in [0.29, 0.717) is 12.3 Å². The molecule has 18 heavy (non-hydrogen) atoms. The molecule has 0 bridgehead atoms. The average Bonchev–Trinajstić information content (AvgIpc) is 2.30. The minimum Gasteiger partial charge on any atom is -0.489 e. The molecule has 0 amide bonds. The summed E-state index contributed by atoms with van der Waals surface area (Å²) in [6.07, 6.45) is 0.114. The number of nitrogen functional groups attached to an aromatic ring is 1. The first-order valence-corrected chi connectivity index (χ1v) is 6.43. The Bertz CT molecular complexity index is 367. The molecule has 0 aromatic heterocycles. The van der Waals surface area contributed by atoms with Gasteiger partial charge in [0.1, 0.15) is 5.75 Å². The molecule has 4 heteroatoms. The van der Waals surface area contributed by atoms with Crippen LogP contribution in [0.4, 0.5) is 11.4 Å². The average molecular weight is 252 g/mol. The Hall–Kier alpha value is -1.42. The second-order valence-corrected chi connectivity index (χ2v) is 4.62. The van der Waals surface area contributed by atoms with Crippen LogP contribution in [-0.4, -0.2) is 25.4 Å². The Labute approximate surface area is 109 Å². The van der Waals surface area contributed by atoms with Crippen molar-refractivity contribution >= 4 is 11.4 Å². The summed E-state index contributed by atoms with van der Waals surface area (Å²) in [6.45, 7) is 9.45. The Balaban J connectivity index is 2.66. The van der Waals surface area contributed by atoms with Crippen LogP contribution in [0, 0.1) is 0 Å². The molecule has 4 nitrogen and oxygen atoms in total. The Morgan fingerprint density at radius 3 is 2.61 bits per heavy atom. The van der Waals surface area contributed by atoms with E-state index in [1.807, 2.05) is 39.0 Å². The number of nitrogens with one attached hydrogen (secondary N) is 1. The smallest absolute Gasteiger partial charge is 0.144 e. The van der Waals surface area contributed by atoms with Gasteiger partial charge in [0.15, 0.2) is 0 Å². The van der Waals surface area contributed by atoms with Crippen LogP contribution >= 0.6 is 0 Å². The number of rotatable bonds is 7. The highest BCUT2D eigenvalue weighted by atomic mass is 16.5. The first kappa shape index (κ1) is 14.6. The van der Waals surface area contributed by atoms with Crippen LogP contribution < -0.4 is 15.8 Å². The highest BCUT2D eigenvalue weighted by molar-refractivity contribution is 5.61. The molecule has 0 heterocycles. The van der Waals surface area contributed by atoms with E-state index in [1.165, 1.54) is 0 Å². The molecule has 1 aromatic rings. The summed E-state index contributed by atoms with van der Waals surface area (Å²) in [5, 5.41) is 3.36. The second-order valence-electron chi connectivity index (χ2n) is 4.62. The van der Waals surface area contributed by atoms with Gasteiger partial charge in [0.25, 0.3) is 0 Å². The molecule has 0 saturated heterocycles. The number of hydrogen-bond acceptors (Lipinski definition) is 4. The minimum atomic E-state index is 0.114. The molecule has 102 valence electrons. The lowest BCUT2D eigenvalue weighted by Gasteiger charge is -2.17. The highest BCUT2D eigenvalue weighted by Gasteiger charge is 2.07. The summed E-state index contributed by atoms with van der Waals surface area (Å²) in [5.74, 6) is 0.721. The van der Waals surface area contributed by atoms with Crippen molar-refractivity contribution in [2.45, 2.75) is 39.8 Å². The third-order valence-electron chi connectivity index (χ3n) is 2.36. The Morgan fingerprint density at radius 2 is 2.00 bits per heavy atom. The van der Waals surface area contributed by atoms with Crippen LogP contribution in [0.25, 0.3) is 0 Å². The summed E-state index contributed by atoms with van der Waals surface area (Å²) >= 11 is 0. The van der Waals surface area contributed by atoms with E-state index >= 15 is 0 Å². The summed E-state index contributed by atoms with van der Waals surface area (Å²) in [6, 6.07) is 5.98. The van der Waals surface area contributed by atoms with Gasteiger partial charge in [-0.05, 0) is 39.8 Å². The van der Waals surface area contributed by atoms with E-state index in [-0.39, 0.29) is 12.1 Å². The van der Waals surface area contributed by atoms with Crippen LogP contribution in [0.5, 0.6) is 5.75 Å². The van der Waals surface area contributed by atoms with Gasteiger partial charge < -0.3 is 20.5 Å². The molecule has 1 unspecified atom stereocenters. The van der Waals surface area contributed by atoms with Gasteiger partial charge in [-0.3, -0.25) is 0 Å². The lowest BCUT2D eigenvalue weighted by atomic mass is 10.2. The Morgan fingerprint density at radius 1 is 1.28 bits per heavy atom.